The van der Waals surface area contributed by atoms with Crippen LogP contribution in [0.5, 0.6) is 0 Å². The molecule has 1 unspecified atom stereocenters. The third-order valence-electron chi connectivity index (χ3n) is 7.23. The summed E-state index contributed by atoms with van der Waals surface area (Å²) in [5.41, 5.74) is 3.70. The van der Waals surface area contributed by atoms with Crippen molar-refractivity contribution in [1.29, 1.82) is 0 Å². The molecule has 0 bridgehead atoms. The van der Waals surface area contributed by atoms with Gasteiger partial charge in [0, 0.05) is 23.4 Å². The number of carbonyl (C=O) groups is 3. The maximum absolute atomic E-state index is 13.4. The standard InChI is InChI=1S/C27H27FN4O3/c1-2-27(16-15-23(33)30-26(27)35)17-7-11-19(12-8-17)29-25(34)24-21-5-3-4-6-22(21)32(31-24)20-13-9-18(28)10-14-20/h7-14H,2-6,15-16H2,1H3,(H,29,34)(H,30,33,35). The summed E-state index contributed by atoms with van der Waals surface area (Å²) in [4.78, 5) is 37.5. The highest BCUT2D eigenvalue weighted by molar-refractivity contribution is 6.05. The number of piperidine rings is 1. The zero-order valence-corrected chi connectivity index (χ0v) is 19.6. The van der Waals surface area contributed by atoms with Gasteiger partial charge in [-0.25, -0.2) is 9.07 Å². The van der Waals surface area contributed by atoms with Crippen LogP contribution in [0.1, 0.15) is 66.3 Å². The summed E-state index contributed by atoms with van der Waals surface area (Å²) in [5, 5.41) is 10.0. The Morgan fingerprint density at radius 2 is 1.77 bits per heavy atom. The predicted molar refractivity (Wildman–Crippen MR) is 129 cm³/mol. The van der Waals surface area contributed by atoms with Crippen LogP contribution in [0.2, 0.25) is 0 Å². The number of rotatable bonds is 5. The molecule has 8 heteroatoms. The quantitative estimate of drug-likeness (QED) is 0.542. The third kappa shape index (κ3) is 4.13. The Hall–Kier alpha value is -3.81. The summed E-state index contributed by atoms with van der Waals surface area (Å²) in [5.74, 6) is -1.14. The lowest BCUT2D eigenvalue weighted by atomic mass is 9.72. The van der Waals surface area contributed by atoms with Crippen molar-refractivity contribution in [1.82, 2.24) is 15.1 Å². The van der Waals surface area contributed by atoms with Crippen molar-refractivity contribution in [3.8, 4) is 5.69 Å². The van der Waals surface area contributed by atoms with Gasteiger partial charge >= 0.3 is 0 Å². The van der Waals surface area contributed by atoms with Gasteiger partial charge < -0.3 is 5.32 Å². The number of nitrogens with one attached hydrogen (secondary N) is 2. The van der Waals surface area contributed by atoms with Crippen LogP contribution >= 0.6 is 0 Å². The second-order valence-electron chi connectivity index (χ2n) is 9.21. The fourth-order valence-corrected chi connectivity index (χ4v) is 5.21. The minimum atomic E-state index is -0.747. The first-order valence-corrected chi connectivity index (χ1v) is 12.0. The van der Waals surface area contributed by atoms with Crippen molar-refractivity contribution in [3.05, 3.63) is 76.9 Å². The van der Waals surface area contributed by atoms with Gasteiger partial charge in [-0.3, -0.25) is 19.7 Å². The third-order valence-corrected chi connectivity index (χ3v) is 7.23. The largest absolute Gasteiger partial charge is 0.321 e. The van der Waals surface area contributed by atoms with Crippen LogP contribution in [0.25, 0.3) is 5.69 Å². The molecule has 1 aromatic heterocycles. The summed E-state index contributed by atoms with van der Waals surface area (Å²) in [6, 6.07) is 13.3. The number of halogens is 1. The average molecular weight is 475 g/mol. The van der Waals surface area contributed by atoms with E-state index in [0.717, 1.165) is 48.2 Å². The van der Waals surface area contributed by atoms with Gasteiger partial charge in [0.15, 0.2) is 5.69 Å². The van der Waals surface area contributed by atoms with Crippen molar-refractivity contribution in [3.63, 3.8) is 0 Å². The van der Waals surface area contributed by atoms with E-state index in [1.807, 2.05) is 19.1 Å². The van der Waals surface area contributed by atoms with Crippen LogP contribution in [-0.4, -0.2) is 27.5 Å². The normalized spacial score (nSPS) is 19.7. The fraction of sp³-hybridized carbons (Fsp3) is 0.333. The van der Waals surface area contributed by atoms with Gasteiger partial charge in [0.1, 0.15) is 5.82 Å². The van der Waals surface area contributed by atoms with E-state index in [1.54, 1.807) is 28.9 Å². The summed E-state index contributed by atoms with van der Waals surface area (Å²) < 4.78 is 15.2. The van der Waals surface area contributed by atoms with Crippen molar-refractivity contribution in [2.24, 2.45) is 0 Å². The molecule has 2 aromatic carbocycles. The van der Waals surface area contributed by atoms with Crippen LogP contribution in [0.15, 0.2) is 48.5 Å². The van der Waals surface area contributed by atoms with E-state index in [-0.39, 0.29) is 23.5 Å². The maximum Gasteiger partial charge on any atom is 0.276 e. The summed E-state index contributed by atoms with van der Waals surface area (Å²) in [7, 11) is 0. The molecule has 2 aliphatic rings. The van der Waals surface area contributed by atoms with Crippen LogP contribution in [0.4, 0.5) is 10.1 Å². The number of aromatic nitrogens is 2. The predicted octanol–water partition coefficient (Wildman–Crippen LogP) is 4.23. The topological polar surface area (TPSA) is 93.1 Å². The molecule has 1 fully saturated rings. The molecule has 1 saturated heterocycles. The molecule has 2 heterocycles. The van der Waals surface area contributed by atoms with Crippen LogP contribution in [-0.2, 0) is 27.8 Å². The molecular weight excluding hydrogens is 447 g/mol. The Balaban J connectivity index is 1.40. The van der Waals surface area contributed by atoms with Gasteiger partial charge in [0.05, 0.1) is 11.1 Å². The highest BCUT2D eigenvalue weighted by Gasteiger charge is 2.42. The molecular formula is C27H27FN4O3. The Bertz CT molecular complexity index is 1300. The van der Waals surface area contributed by atoms with Crippen molar-refractivity contribution >= 4 is 23.4 Å². The zero-order chi connectivity index (χ0) is 24.6. The molecule has 1 aliphatic heterocycles. The molecule has 7 nitrogen and oxygen atoms in total. The number of hydrogen-bond donors (Lipinski definition) is 2. The molecule has 35 heavy (non-hydrogen) atoms. The number of hydrogen-bond acceptors (Lipinski definition) is 4. The fourth-order valence-electron chi connectivity index (χ4n) is 5.21. The highest BCUT2D eigenvalue weighted by atomic mass is 19.1. The second-order valence-corrected chi connectivity index (χ2v) is 9.21. The summed E-state index contributed by atoms with van der Waals surface area (Å²) in [6.45, 7) is 1.94. The Labute approximate surface area is 202 Å². The number of benzene rings is 2. The smallest absolute Gasteiger partial charge is 0.276 e. The van der Waals surface area contributed by atoms with Gasteiger partial charge in [-0.05, 0) is 80.5 Å². The van der Waals surface area contributed by atoms with Crippen LogP contribution in [0, 0.1) is 5.82 Å². The first-order chi connectivity index (χ1) is 16.9. The Morgan fingerprint density at radius 1 is 1.06 bits per heavy atom. The minimum Gasteiger partial charge on any atom is -0.321 e. The lowest BCUT2D eigenvalue weighted by Gasteiger charge is -2.35. The first kappa shape index (κ1) is 23.0. The Morgan fingerprint density at radius 3 is 2.46 bits per heavy atom. The van der Waals surface area contributed by atoms with E-state index < -0.39 is 5.41 Å². The molecule has 0 saturated carbocycles. The molecule has 1 aliphatic carbocycles. The molecule has 2 N–H and O–H groups in total. The maximum atomic E-state index is 13.4. The van der Waals surface area contributed by atoms with Gasteiger partial charge in [0.25, 0.3) is 5.91 Å². The molecule has 1 atom stereocenters. The van der Waals surface area contributed by atoms with Gasteiger partial charge in [0.2, 0.25) is 11.8 Å². The minimum absolute atomic E-state index is 0.244. The number of nitrogens with zero attached hydrogens (tertiary/aromatic N) is 2. The first-order valence-electron chi connectivity index (χ1n) is 12.0. The van der Waals surface area contributed by atoms with Crippen molar-refractivity contribution in [2.75, 3.05) is 5.32 Å². The number of fused-ring (bicyclic) bond motifs is 1. The lowest BCUT2D eigenvalue weighted by Crippen LogP contribution is -2.51. The van der Waals surface area contributed by atoms with E-state index in [9.17, 15) is 18.8 Å². The lowest BCUT2D eigenvalue weighted by molar-refractivity contribution is -0.138. The van der Waals surface area contributed by atoms with Gasteiger partial charge in [-0.15, -0.1) is 0 Å². The zero-order valence-electron chi connectivity index (χ0n) is 19.6. The molecule has 180 valence electrons. The number of anilines is 1. The van der Waals surface area contributed by atoms with E-state index in [0.29, 0.717) is 30.6 Å². The average Bonchev–Trinajstić information content (AvgIpc) is 3.26. The summed E-state index contributed by atoms with van der Waals surface area (Å²) in [6.07, 6.45) is 4.93. The van der Waals surface area contributed by atoms with E-state index in [4.69, 9.17) is 0 Å². The van der Waals surface area contributed by atoms with Crippen LogP contribution < -0.4 is 10.6 Å². The van der Waals surface area contributed by atoms with E-state index in [1.165, 1.54) is 12.1 Å². The van der Waals surface area contributed by atoms with Gasteiger partial charge in [-0.2, -0.15) is 5.10 Å². The number of carbonyl (C=O) groups excluding carboxylic acids is 3. The summed E-state index contributed by atoms with van der Waals surface area (Å²) >= 11 is 0. The molecule has 0 radical (unpaired) electrons. The van der Waals surface area contributed by atoms with E-state index in [2.05, 4.69) is 15.7 Å². The monoisotopic (exact) mass is 474 g/mol. The number of imide groups is 1. The molecule has 3 amide bonds. The second kappa shape index (κ2) is 9.09. The molecule has 3 aromatic rings. The molecule has 0 spiro atoms. The Kier molecular flexibility index (Phi) is 5.96. The SMILES string of the molecule is CCC1(c2ccc(NC(=O)c3nn(-c4ccc(F)cc4)c4c3CCCC4)cc2)CCC(=O)NC1=O. The van der Waals surface area contributed by atoms with Crippen molar-refractivity contribution in [2.45, 2.75) is 57.3 Å². The number of amides is 3. The highest BCUT2D eigenvalue weighted by Crippen LogP contribution is 2.36. The molecule has 5 rings (SSSR count). The van der Waals surface area contributed by atoms with Crippen molar-refractivity contribution < 1.29 is 18.8 Å². The van der Waals surface area contributed by atoms with E-state index >= 15 is 0 Å². The van der Waals surface area contributed by atoms with Crippen LogP contribution in [0.3, 0.4) is 0 Å². The van der Waals surface area contributed by atoms with Gasteiger partial charge in [-0.1, -0.05) is 19.1 Å².